The van der Waals surface area contributed by atoms with Crippen molar-refractivity contribution in [2.45, 2.75) is 19.3 Å². The molecule has 0 saturated heterocycles. The second kappa shape index (κ2) is 4.46. The third-order valence-electron chi connectivity index (χ3n) is 3.67. The maximum absolute atomic E-state index is 3.56. The Morgan fingerprint density at radius 2 is 2.12 bits per heavy atom. The van der Waals surface area contributed by atoms with Crippen LogP contribution in [0.15, 0.2) is 24.3 Å². The molecule has 1 aromatic rings. The number of fused-ring (bicyclic) bond motifs is 1. The van der Waals surface area contributed by atoms with Crippen molar-refractivity contribution < 1.29 is 0 Å². The lowest BCUT2D eigenvalue weighted by atomic mass is 10.2. The van der Waals surface area contributed by atoms with E-state index in [4.69, 9.17) is 0 Å². The molecular formula is C14H20N2. The summed E-state index contributed by atoms with van der Waals surface area (Å²) in [6.07, 6.45) is 4.11. The van der Waals surface area contributed by atoms with Crippen LogP contribution < -0.4 is 10.2 Å². The van der Waals surface area contributed by atoms with E-state index in [1.54, 1.807) is 0 Å². The van der Waals surface area contributed by atoms with E-state index in [0.29, 0.717) is 0 Å². The molecule has 0 unspecified atom stereocenters. The predicted molar refractivity (Wildman–Crippen MR) is 68.0 cm³/mol. The van der Waals surface area contributed by atoms with E-state index in [-0.39, 0.29) is 0 Å². The zero-order valence-electron chi connectivity index (χ0n) is 9.78. The summed E-state index contributed by atoms with van der Waals surface area (Å²) in [5, 5.41) is 3.56. The minimum Gasteiger partial charge on any atom is -0.370 e. The lowest BCUT2D eigenvalue weighted by molar-refractivity contribution is 0.628. The molecule has 2 aliphatic rings. The molecule has 1 saturated carbocycles. The van der Waals surface area contributed by atoms with Crippen LogP contribution in [0.5, 0.6) is 0 Å². The van der Waals surface area contributed by atoms with Gasteiger partial charge in [0.2, 0.25) is 0 Å². The fraction of sp³-hybridized carbons (Fsp3) is 0.571. The summed E-state index contributed by atoms with van der Waals surface area (Å²) in [7, 11) is 0. The minimum absolute atomic E-state index is 0.992. The Morgan fingerprint density at radius 1 is 1.25 bits per heavy atom. The first-order valence-corrected chi connectivity index (χ1v) is 6.47. The summed E-state index contributed by atoms with van der Waals surface area (Å²) in [6, 6.07) is 8.80. The smallest absolute Gasteiger partial charge is 0.0399 e. The number of nitrogens with zero attached hydrogens (tertiary/aromatic N) is 1. The summed E-state index contributed by atoms with van der Waals surface area (Å²) in [6.45, 7) is 4.72. The van der Waals surface area contributed by atoms with Crippen molar-refractivity contribution in [1.29, 1.82) is 0 Å². The van der Waals surface area contributed by atoms with Gasteiger partial charge in [-0.1, -0.05) is 18.2 Å². The largest absolute Gasteiger partial charge is 0.370 e. The van der Waals surface area contributed by atoms with Crippen LogP contribution in [0.1, 0.15) is 18.4 Å². The first-order valence-electron chi connectivity index (χ1n) is 6.47. The van der Waals surface area contributed by atoms with Gasteiger partial charge in [-0.3, -0.25) is 0 Å². The Morgan fingerprint density at radius 3 is 3.00 bits per heavy atom. The second-order valence-electron chi connectivity index (χ2n) is 5.01. The highest BCUT2D eigenvalue weighted by molar-refractivity contribution is 5.57. The monoisotopic (exact) mass is 216 g/mol. The molecule has 1 N–H and O–H groups in total. The second-order valence-corrected chi connectivity index (χ2v) is 5.01. The first-order chi connectivity index (χ1) is 7.93. The molecule has 0 aromatic heterocycles. The van der Waals surface area contributed by atoms with Crippen molar-refractivity contribution in [3.63, 3.8) is 0 Å². The van der Waals surface area contributed by atoms with Crippen molar-refractivity contribution >= 4 is 5.69 Å². The molecule has 86 valence electrons. The predicted octanol–water partition coefficient (Wildman–Crippen LogP) is 2.05. The molecule has 1 fully saturated rings. The summed E-state index contributed by atoms with van der Waals surface area (Å²) in [5.74, 6) is 0.992. The number of para-hydroxylation sites is 1. The lowest BCUT2D eigenvalue weighted by Crippen LogP contribution is -2.31. The fourth-order valence-electron chi connectivity index (χ4n) is 2.48. The highest BCUT2D eigenvalue weighted by Crippen LogP contribution is 2.28. The van der Waals surface area contributed by atoms with Crippen molar-refractivity contribution in [3.8, 4) is 0 Å². The number of hydrogen-bond acceptors (Lipinski definition) is 2. The summed E-state index contributed by atoms with van der Waals surface area (Å²) in [5.41, 5.74) is 2.97. The first kappa shape index (κ1) is 10.2. The number of nitrogens with one attached hydrogen (secondary N) is 1. The van der Waals surface area contributed by atoms with Crippen LogP contribution in [-0.4, -0.2) is 26.2 Å². The molecule has 0 bridgehead atoms. The molecule has 2 heteroatoms. The summed E-state index contributed by atoms with van der Waals surface area (Å²) in [4.78, 5) is 2.51. The van der Waals surface area contributed by atoms with Crippen molar-refractivity contribution in [2.24, 2.45) is 5.92 Å². The average Bonchev–Trinajstić information content (AvgIpc) is 3.05. The normalized spacial score (nSPS) is 18.9. The van der Waals surface area contributed by atoms with Gasteiger partial charge in [-0.25, -0.2) is 0 Å². The van der Waals surface area contributed by atoms with Crippen LogP contribution in [0.4, 0.5) is 5.69 Å². The molecule has 1 heterocycles. The summed E-state index contributed by atoms with van der Waals surface area (Å²) >= 11 is 0. The van der Waals surface area contributed by atoms with E-state index in [1.165, 1.54) is 43.6 Å². The quantitative estimate of drug-likeness (QED) is 0.758. The number of hydrogen-bond donors (Lipinski definition) is 1. The highest BCUT2D eigenvalue weighted by Gasteiger charge is 2.21. The van der Waals surface area contributed by atoms with E-state index in [9.17, 15) is 0 Å². The van der Waals surface area contributed by atoms with Gasteiger partial charge in [-0.05, 0) is 43.4 Å². The molecule has 0 radical (unpaired) electrons. The van der Waals surface area contributed by atoms with Crippen LogP contribution >= 0.6 is 0 Å². The van der Waals surface area contributed by atoms with E-state index >= 15 is 0 Å². The lowest BCUT2D eigenvalue weighted by Gasteiger charge is -2.19. The molecule has 16 heavy (non-hydrogen) atoms. The Balaban J connectivity index is 1.48. The molecule has 0 amide bonds. The van der Waals surface area contributed by atoms with Crippen molar-refractivity contribution in [2.75, 3.05) is 31.1 Å². The Hall–Kier alpha value is -1.02. The zero-order valence-corrected chi connectivity index (χ0v) is 9.78. The van der Waals surface area contributed by atoms with Crippen molar-refractivity contribution in [1.82, 2.24) is 5.32 Å². The SMILES string of the molecule is c1ccc2c(c1)CCN2CCNCC1CC1. The molecule has 1 aromatic carbocycles. The van der Waals surface area contributed by atoms with Crippen LogP contribution in [0.3, 0.4) is 0 Å². The van der Waals surface area contributed by atoms with Crippen LogP contribution in [0, 0.1) is 5.92 Å². The van der Waals surface area contributed by atoms with Crippen LogP contribution in [-0.2, 0) is 6.42 Å². The molecular weight excluding hydrogens is 196 g/mol. The molecule has 1 aliphatic carbocycles. The van der Waals surface area contributed by atoms with Crippen molar-refractivity contribution in [3.05, 3.63) is 29.8 Å². The van der Waals surface area contributed by atoms with Crippen LogP contribution in [0.25, 0.3) is 0 Å². The molecule has 0 spiro atoms. The highest BCUT2D eigenvalue weighted by atomic mass is 15.2. The number of rotatable bonds is 5. The number of anilines is 1. The van der Waals surface area contributed by atoms with Gasteiger partial charge in [0.15, 0.2) is 0 Å². The molecule has 2 nitrogen and oxygen atoms in total. The maximum atomic E-state index is 3.56. The van der Waals surface area contributed by atoms with Gasteiger partial charge in [0, 0.05) is 25.3 Å². The average molecular weight is 216 g/mol. The van der Waals surface area contributed by atoms with Gasteiger partial charge < -0.3 is 10.2 Å². The number of benzene rings is 1. The Labute approximate surface area is 97.6 Å². The Bertz CT molecular complexity index is 358. The zero-order chi connectivity index (χ0) is 10.8. The molecule has 3 rings (SSSR count). The third-order valence-corrected chi connectivity index (χ3v) is 3.67. The Kier molecular flexibility index (Phi) is 2.83. The van der Waals surface area contributed by atoms with Gasteiger partial charge >= 0.3 is 0 Å². The van der Waals surface area contributed by atoms with Crippen LogP contribution in [0.2, 0.25) is 0 Å². The van der Waals surface area contributed by atoms with E-state index in [2.05, 4.69) is 34.5 Å². The van der Waals surface area contributed by atoms with E-state index in [0.717, 1.165) is 19.0 Å². The van der Waals surface area contributed by atoms with Gasteiger partial charge in [-0.2, -0.15) is 0 Å². The standard InChI is InChI=1S/C14H20N2/c1-2-4-14-13(3-1)7-9-16(14)10-8-15-11-12-5-6-12/h1-4,12,15H,5-11H2. The third kappa shape index (κ3) is 2.22. The van der Waals surface area contributed by atoms with Gasteiger partial charge in [-0.15, -0.1) is 0 Å². The maximum Gasteiger partial charge on any atom is 0.0399 e. The van der Waals surface area contributed by atoms with Gasteiger partial charge in [0.25, 0.3) is 0 Å². The minimum atomic E-state index is 0.992. The van der Waals surface area contributed by atoms with E-state index in [1.807, 2.05) is 0 Å². The topological polar surface area (TPSA) is 15.3 Å². The molecule has 0 atom stereocenters. The van der Waals surface area contributed by atoms with E-state index < -0.39 is 0 Å². The van der Waals surface area contributed by atoms with Gasteiger partial charge in [0.1, 0.15) is 0 Å². The fourth-order valence-corrected chi connectivity index (χ4v) is 2.48. The molecule has 1 aliphatic heterocycles. The summed E-state index contributed by atoms with van der Waals surface area (Å²) < 4.78 is 0. The van der Waals surface area contributed by atoms with Gasteiger partial charge in [0.05, 0.1) is 0 Å².